The third kappa shape index (κ3) is 8.87. The molecule has 3 aromatic rings. The number of esters is 1. The molecule has 252 valence electrons. The van der Waals surface area contributed by atoms with Gasteiger partial charge in [0.05, 0.1) is 78.2 Å². The van der Waals surface area contributed by atoms with Crippen LogP contribution in [-0.4, -0.2) is 76.6 Å². The number of aliphatic imine (C=N–C) groups is 1. The second kappa shape index (κ2) is 16.5. The van der Waals surface area contributed by atoms with Gasteiger partial charge in [-0.3, -0.25) is 34.6 Å². The fourth-order valence-corrected chi connectivity index (χ4v) is 6.09. The van der Waals surface area contributed by atoms with Crippen LogP contribution in [0.25, 0.3) is 0 Å². The molecule has 0 radical (unpaired) electrons. The van der Waals surface area contributed by atoms with E-state index in [2.05, 4.69) is 4.90 Å². The van der Waals surface area contributed by atoms with Crippen LogP contribution < -0.4 is 0 Å². The molecule has 2 atom stereocenters. The highest BCUT2D eigenvalue weighted by atomic mass is 35.5. The average molecular weight is 663 g/mol. The maximum Gasteiger partial charge on any atom is 0.315 e. The van der Waals surface area contributed by atoms with E-state index in [-0.39, 0.29) is 19.2 Å². The summed E-state index contributed by atoms with van der Waals surface area (Å²) < 4.78 is 17.5. The van der Waals surface area contributed by atoms with E-state index in [1.807, 2.05) is 79.7 Å². The SMILES string of the molecule is CCOCC1=C(COCCN(Cc2nc(C)c(C)nc2C)Cc2nc(C)c(C)nc2C)N=C(C)C(C(=O)OC)C1c1ccccc1Cl. The topological polar surface area (TPSA) is 112 Å². The molecule has 1 aliphatic rings. The van der Waals surface area contributed by atoms with E-state index in [1.54, 1.807) is 0 Å². The molecule has 1 aliphatic heterocycles. The molecule has 0 spiro atoms. The van der Waals surface area contributed by atoms with E-state index in [0.29, 0.717) is 43.6 Å². The van der Waals surface area contributed by atoms with Crippen molar-refractivity contribution in [1.29, 1.82) is 0 Å². The van der Waals surface area contributed by atoms with Crippen molar-refractivity contribution >= 4 is 23.3 Å². The van der Waals surface area contributed by atoms with Crippen molar-refractivity contribution in [1.82, 2.24) is 24.8 Å². The van der Waals surface area contributed by atoms with E-state index >= 15 is 0 Å². The molecule has 4 rings (SSSR count). The van der Waals surface area contributed by atoms with Gasteiger partial charge in [-0.25, -0.2) is 0 Å². The Bertz CT molecular complexity index is 1600. The number of methoxy groups -OCH3 is 1. The van der Waals surface area contributed by atoms with Gasteiger partial charge in [0.1, 0.15) is 5.92 Å². The largest absolute Gasteiger partial charge is 0.468 e. The van der Waals surface area contributed by atoms with Gasteiger partial charge in [-0.2, -0.15) is 0 Å². The normalized spacial score (nSPS) is 16.5. The molecule has 0 bridgehead atoms. The van der Waals surface area contributed by atoms with E-state index < -0.39 is 11.8 Å². The summed E-state index contributed by atoms with van der Waals surface area (Å²) >= 11 is 6.71. The molecule has 47 heavy (non-hydrogen) atoms. The molecule has 1 aromatic carbocycles. The Morgan fingerprint density at radius 1 is 0.809 bits per heavy atom. The van der Waals surface area contributed by atoms with Gasteiger partial charge in [0.2, 0.25) is 0 Å². The van der Waals surface area contributed by atoms with Crippen molar-refractivity contribution in [3.05, 3.63) is 91.7 Å². The Balaban J connectivity index is 1.60. The van der Waals surface area contributed by atoms with Crippen LogP contribution in [0, 0.1) is 47.5 Å². The number of benzene rings is 1. The van der Waals surface area contributed by atoms with Crippen LogP contribution in [0.3, 0.4) is 0 Å². The maximum absolute atomic E-state index is 13.1. The lowest BCUT2D eigenvalue weighted by molar-refractivity contribution is -0.143. The molecule has 2 aromatic heterocycles. The van der Waals surface area contributed by atoms with Crippen molar-refractivity contribution in [3.8, 4) is 0 Å². The van der Waals surface area contributed by atoms with Gasteiger partial charge in [0, 0.05) is 42.9 Å². The van der Waals surface area contributed by atoms with Crippen LogP contribution in [0.2, 0.25) is 5.02 Å². The van der Waals surface area contributed by atoms with Crippen molar-refractivity contribution in [2.24, 2.45) is 10.9 Å². The fraction of sp³-hybridized carbons (Fsp3) is 0.500. The van der Waals surface area contributed by atoms with Crippen LogP contribution in [0.15, 0.2) is 40.5 Å². The first kappa shape index (κ1) is 36.3. The Morgan fingerprint density at radius 3 is 1.94 bits per heavy atom. The minimum atomic E-state index is -0.626. The zero-order valence-corrected chi connectivity index (χ0v) is 29.9. The number of carbonyl (C=O) groups is 1. The third-order valence-electron chi connectivity index (χ3n) is 8.69. The van der Waals surface area contributed by atoms with Gasteiger partial charge in [-0.1, -0.05) is 29.8 Å². The van der Waals surface area contributed by atoms with Gasteiger partial charge in [-0.15, -0.1) is 0 Å². The predicted octanol–water partition coefficient (Wildman–Crippen LogP) is 6.13. The van der Waals surface area contributed by atoms with Crippen molar-refractivity contribution in [2.75, 3.05) is 40.1 Å². The van der Waals surface area contributed by atoms with Crippen LogP contribution >= 0.6 is 11.6 Å². The molecule has 2 unspecified atom stereocenters. The number of rotatable bonds is 14. The molecular formula is C36H47ClN6O4. The van der Waals surface area contributed by atoms with Gasteiger partial charge in [0.25, 0.3) is 0 Å². The third-order valence-corrected chi connectivity index (χ3v) is 9.04. The number of carbonyl (C=O) groups excluding carboxylic acids is 1. The Kier molecular flexibility index (Phi) is 12.7. The highest BCUT2D eigenvalue weighted by Gasteiger charge is 2.40. The molecule has 0 fully saturated rings. The van der Waals surface area contributed by atoms with Crippen molar-refractivity contribution in [3.63, 3.8) is 0 Å². The second-order valence-electron chi connectivity index (χ2n) is 12.0. The zero-order chi connectivity index (χ0) is 34.2. The maximum atomic E-state index is 13.1. The van der Waals surface area contributed by atoms with Gasteiger partial charge in [-0.05, 0) is 72.6 Å². The standard InChI is InChI=1S/C36H47ClN6O4/c1-10-46-19-29-33(42-27(8)34(36(44)45-9)35(29)28-13-11-12-14-30(28)37)20-47-16-15-43(17-31-25(6)38-21(2)23(4)40-31)18-32-26(7)39-22(3)24(5)41-32/h11-14,34-35H,10,15-20H2,1-9H3. The smallest absolute Gasteiger partial charge is 0.315 e. The van der Waals surface area contributed by atoms with Crippen molar-refractivity contribution in [2.45, 2.75) is 74.4 Å². The summed E-state index contributed by atoms with van der Waals surface area (Å²) in [7, 11) is 1.39. The van der Waals surface area contributed by atoms with Gasteiger partial charge in [0.15, 0.2) is 0 Å². The highest BCUT2D eigenvalue weighted by molar-refractivity contribution is 6.31. The van der Waals surface area contributed by atoms with Crippen LogP contribution in [0.1, 0.15) is 70.9 Å². The Morgan fingerprint density at radius 2 is 1.38 bits per heavy atom. The molecule has 0 aliphatic carbocycles. The minimum absolute atomic E-state index is 0.243. The van der Waals surface area contributed by atoms with Crippen LogP contribution in [0.5, 0.6) is 0 Å². The molecule has 3 heterocycles. The summed E-state index contributed by atoms with van der Waals surface area (Å²) in [6.07, 6.45) is 0. The summed E-state index contributed by atoms with van der Waals surface area (Å²) in [5.41, 5.74) is 10.4. The number of hydrogen-bond acceptors (Lipinski definition) is 10. The number of halogens is 1. The summed E-state index contributed by atoms with van der Waals surface area (Å²) in [6.45, 7) is 19.0. The molecule has 0 amide bonds. The first-order valence-electron chi connectivity index (χ1n) is 16.0. The molecule has 0 saturated carbocycles. The average Bonchev–Trinajstić information content (AvgIpc) is 3.03. The zero-order valence-electron chi connectivity index (χ0n) is 29.1. The summed E-state index contributed by atoms with van der Waals surface area (Å²) in [6, 6.07) is 7.57. The number of hydrogen-bond donors (Lipinski definition) is 0. The first-order chi connectivity index (χ1) is 22.4. The monoisotopic (exact) mass is 662 g/mol. The molecular weight excluding hydrogens is 616 g/mol. The van der Waals surface area contributed by atoms with E-state index in [9.17, 15) is 4.79 Å². The van der Waals surface area contributed by atoms with Crippen LogP contribution in [0.4, 0.5) is 0 Å². The Hall–Kier alpha value is -3.57. The predicted molar refractivity (Wildman–Crippen MR) is 184 cm³/mol. The molecule has 0 N–H and O–H groups in total. The number of aromatic nitrogens is 4. The lowest BCUT2D eigenvalue weighted by Crippen LogP contribution is -2.36. The molecule has 10 nitrogen and oxygen atoms in total. The second-order valence-corrected chi connectivity index (χ2v) is 12.4. The Labute approximate surface area is 283 Å². The van der Waals surface area contributed by atoms with E-state index in [4.69, 9.17) is 50.7 Å². The van der Waals surface area contributed by atoms with Crippen LogP contribution in [-0.2, 0) is 32.1 Å². The fourth-order valence-electron chi connectivity index (χ4n) is 5.84. The van der Waals surface area contributed by atoms with Gasteiger partial charge >= 0.3 is 5.97 Å². The van der Waals surface area contributed by atoms with Crippen molar-refractivity contribution < 1.29 is 19.0 Å². The summed E-state index contributed by atoms with van der Waals surface area (Å²) in [5, 5.41) is 0.570. The lowest BCUT2D eigenvalue weighted by atomic mass is 9.75. The van der Waals surface area contributed by atoms with E-state index in [1.165, 1.54) is 7.11 Å². The molecule has 11 heteroatoms. The number of nitrogens with zero attached hydrogens (tertiary/aromatic N) is 6. The minimum Gasteiger partial charge on any atom is -0.468 e. The number of ether oxygens (including phenoxy) is 3. The number of aryl methyl sites for hydroxylation is 6. The van der Waals surface area contributed by atoms with Gasteiger partial charge < -0.3 is 14.2 Å². The first-order valence-corrected chi connectivity index (χ1v) is 16.4. The highest BCUT2D eigenvalue weighted by Crippen LogP contribution is 2.42. The lowest BCUT2D eigenvalue weighted by Gasteiger charge is -2.33. The molecule has 0 saturated heterocycles. The summed E-state index contributed by atoms with van der Waals surface area (Å²) in [4.78, 5) is 39.4. The summed E-state index contributed by atoms with van der Waals surface area (Å²) in [5.74, 6) is -1.39. The quantitative estimate of drug-likeness (QED) is 0.149. The van der Waals surface area contributed by atoms with E-state index in [0.717, 1.165) is 62.4 Å².